The zero-order valence-electron chi connectivity index (χ0n) is 32.5. The number of ether oxygens (including phenoxy) is 2. The van der Waals surface area contributed by atoms with Crippen molar-refractivity contribution >= 4 is 13.8 Å². The van der Waals surface area contributed by atoms with Gasteiger partial charge in [-0.15, -0.1) is 0 Å². The Morgan fingerprint density at radius 1 is 0.562 bits per heavy atom. The average Bonchev–Trinajstić information content (AvgIpc) is 3.03. The van der Waals surface area contributed by atoms with Crippen molar-refractivity contribution in [3.05, 3.63) is 0 Å². The molecule has 0 amide bonds. The van der Waals surface area contributed by atoms with E-state index in [4.69, 9.17) is 18.5 Å². The van der Waals surface area contributed by atoms with Crippen LogP contribution in [0.5, 0.6) is 0 Å². The molecule has 0 aliphatic rings. The number of hydrogen-bond acceptors (Lipinski definition) is 7. The maximum absolute atomic E-state index is 12.6. The first-order valence-corrected chi connectivity index (χ1v) is 21.7. The summed E-state index contributed by atoms with van der Waals surface area (Å²) in [5.41, 5.74) is 0. The third-order valence-electron chi connectivity index (χ3n) is 8.91. The van der Waals surface area contributed by atoms with Gasteiger partial charge in [0.25, 0.3) is 7.82 Å². The molecule has 48 heavy (non-hydrogen) atoms. The molecule has 0 bridgehead atoms. The molecule has 8 nitrogen and oxygen atoms in total. The summed E-state index contributed by atoms with van der Waals surface area (Å²) in [7, 11) is 1.37. The third-order valence-corrected chi connectivity index (χ3v) is 9.87. The number of unbranched alkanes of at least 4 members (excludes halogenated alkanes) is 24. The number of carbonyl (C=O) groups is 1. The minimum Gasteiger partial charge on any atom is -0.756 e. The highest BCUT2D eigenvalue weighted by molar-refractivity contribution is 7.45. The fourth-order valence-electron chi connectivity index (χ4n) is 5.72. The number of phosphoric acid groups is 1. The lowest BCUT2D eigenvalue weighted by Crippen LogP contribution is -2.37. The molecule has 0 rings (SSSR count). The van der Waals surface area contributed by atoms with Crippen LogP contribution >= 0.6 is 7.82 Å². The number of esters is 1. The molecular formula is C39H80NO7P. The van der Waals surface area contributed by atoms with Gasteiger partial charge in [-0.1, -0.05) is 168 Å². The fraction of sp³-hybridized carbons (Fsp3) is 0.974. The summed E-state index contributed by atoms with van der Waals surface area (Å²) in [6.45, 7) is 5.44. The van der Waals surface area contributed by atoms with E-state index in [-0.39, 0.29) is 25.8 Å². The predicted octanol–water partition coefficient (Wildman–Crippen LogP) is 10.7. The second-order valence-corrected chi connectivity index (χ2v) is 16.4. The summed E-state index contributed by atoms with van der Waals surface area (Å²) in [4.78, 5) is 24.9. The summed E-state index contributed by atoms with van der Waals surface area (Å²) in [5.74, 6) is -0.330. The Labute approximate surface area is 298 Å². The Kier molecular flexibility index (Phi) is 33.3. The maximum Gasteiger partial charge on any atom is 0.306 e. The van der Waals surface area contributed by atoms with Gasteiger partial charge in [0.2, 0.25) is 0 Å². The quantitative estimate of drug-likeness (QED) is 0.0273. The highest BCUT2D eigenvalue weighted by Gasteiger charge is 2.20. The summed E-state index contributed by atoms with van der Waals surface area (Å²) in [6, 6.07) is 0. The van der Waals surface area contributed by atoms with Gasteiger partial charge in [-0.2, -0.15) is 0 Å². The molecule has 0 aliphatic carbocycles. The molecule has 0 saturated heterocycles. The molecule has 0 saturated carbocycles. The van der Waals surface area contributed by atoms with Crippen LogP contribution in [-0.2, 0) is 27.9 Å². The van der Waals surface area contributed by atoms with E-state index in [9.17, 15) is 14.3 Å². The zero-order valence-corrected chi connectivity index (χ0v) is 33.4. The van der Waals surface area contributed by atoms with Gasteiger partial charge in [0, 0.05) is 13.0 Å². The van der Waals surface area contributed by atoms with Crippen molar-refractivity contribution in [1.29, 1.82) is 0 Å². The molecule has 0 aliphatic heterocycles. The van der Waals surface area contributed by atoms with E-state index >= 15 is 0 Å². The van der Waals surface area contributed by atoms with Crippen LogP contribution in [-0.4, -0.2) is 70.7 Å². The molecule has 0 spiro atoms. The molecule has 0 radical (unpaired) electrons. The molecule has 9 heteroatoms. The molecule has 0 aromatic heterocycles. The lowest BCUT2D eigenvalue weighted by atomic mass is 10.0. The first-order valence-electron chi connectivity index (χ1n) is 20.3. The van der Waals surface area contributed by atoms with E-state index in [1.807, 2.05) is 21.1 Å². The van der Waals surface area contributed by atoms with Gasteiger partial charge in [-0.05, 0) is 12.8 Å². The van der Waals surface area contributed by atoms with Gasteiger partial charge >= 0.3 is 5.97 Å². The minimum atomic E-state index is -4.51. The number of rotatable bonds is 38. The summed E-state index contributed by atoms with van der Waals surface area (Å²) >= 11 is 0. The van der Waals surface area contributed by atoms with Crippen LogP contribution in [0.25, 0.3) is 0 Å². The van der Waals surface area contributed by atoms with Gasteiger partial charge in [-0.25, -0.2) is 0 Å². The van der Waals surface area contributed by atoms with Crippen LogP contribution in [0.1, 0.15) is 187 Å². The van der Waals surface area contributed by atoms with Gasteiger partial charge in [0.1, 0.15) is 19.3 Å². The zero-order chi connectivity index (χ0) is 35.6. The van der Waals surface area contributed by atoms with Crippen LogP contribution in [0.3, 0.4) is 0 Å². The van der Waals surface area contributed by atoms with Crippen LogP contribution in [0.2, 0.25) is 0 Å². The number of hydrogen-bond donors (Lipinski definition) is 0. The Hall–Kier alpha value is -0.500. The number of carbonyl (C=O) groups excluding carboxylic acids is 1. The van der Waals surface area contributed by atoms with E-state index in [0.717, 1.165) is 32.1 Å². The number of phosphoric ester groups is 1. The number of quaternary nitrogens is 1. The topological polar surface area (TPSA) is 94.1 Å². The maximum atomic E-state index is 12.6. The molecule has 0 aromatic rings. The lowest BCUT2D eigenvalue weighted by molar-refractivity contribution is -0.870. The molecule has 0 N–H and O–H groups in total. The van der Waals surface area contributed by atoms with Crippen LogP contribution in [0.4, 0.5) is 0 Å². The van der Waals surface area contributed by atoms with E-state index in [1.165, 1.54) is 135 Å². The Morgan fingerprint density at radius 3 is 1.38 bits per heavy atom. The minimum absolute atomic E-state index is 0.0310. The summed E-state index contributed by atoms with van der Waals surface area (Å²) in [5, 5.41) is 0. The second kappa shape index (κ2) is 33.6. The van der Waals surface area contributed by atoms with Gasteiger partial charge < -0.3 is 27.9 Å². The Bertz CT molecular complexity index is 746. The normalized spacial score (nSPS) is 13.9. The van der Waals surface area contributed by atoms with Crippen molar-refractivity contribution < 1.29 is 37.3 Å². The van der Waals surface area contributed by atoms with Crippen LogP contribution in [0.15, 0.2) is 0 Å². The van der Waals surface area contributed by atoms with Crippen molar-refractivity contribution in [3.63, 3.8) is 0 Å². The smallest absolute Gasteiger partial charge is 0.306 e. The first kappa shape index (κ1) is 47.5. The number of nitrogens with zero attached hydrogens (tertiary/aromatic N) is 1. The first-order chi connectivity index (χ1) is 23.1. The van der Waals surface area contributed by atoms with Crippen molar-refractivity contribution in [1.82, 2.24) is 0 Å². The van der Waals surface area contributed by atoms with Crippen molar-refractivity contribution in [2.75, 3.05) is 54.1 Å². The molecule has 288 valence electrons. The highest BCUT2D eigenvalue weighted by atomic mass is 31.2. The predicted molar refractivity (Wildman–Crippen MR) is 199 cm³/mol. The SMILES string of the molecule is CCCCCCCCCCCCCCCCCC(=O)OC(COCCCCCCCCCCCCC)COP(=O)([O-])OCC[N+](C)(C)C. The average molecular weight is 706 g/mol. The standard InChI is InChI=1S/C39H80NO7P/c1-6-8-10-12-14-16-18-19-20-21-22-24-26-28-30-32-39(41)47-38(37-46-48(42,43)45-35-33-40(3,4)5)36-44-34-31-29-27-25-23-17-15-13-11-9-7-2/h38H,6-37H2,1-5H3. The van der Waals surface area contributed by atoms with Crippen LogP contribution < -0.4 is 4.89 Å². The van der Waals surface area contributed by atoms with Gasteiger partial charge in [0.05, 0.1) is 34.4 Å². The molecule has 0 fully saturated rings. The fourth-order valence-corrected chi connectivity index (χ4v) is 6.45. The highest BCUT2D eigenvalue weighted by Crippen LogP contribution is 2.38. The van der Waals surface area contributed by atoms with E-state index < -0.39 is 13.9 Å². The number of likely N-dealkylation sites (N-methyl/N-ethyl adjacent to an activating group) is 1. The third kappa shape index (κ3) is 36.8. The Balaban J connectivity index is 4.23. The summed E-state index contributed by atoms with van der Waals surface area (Å²) in [6.07, 6.45) is 32.4. The molecular weight excluding hydrogens is 625 g/mol. The van der Waals surface area contributed by atoms with E-state index in [1.54, 1.807) is 0 Å². The monoisotopic (exact) mass is 706 g/mol. The molecule has 0 aromatic carbocycles. The van der Waals surface area contributed by atoms with E-state index in [2.05, 4.69) is 13.8 Å². The van der Waals surface area contributed by atoms with E-state index in [0.29, 0.717) is 24.1 Å². The van der Waals surface area contributed by atoms with Crippen molar-refractivity contribution in [2.24, 2.45) is 0 Å². The Morgan fingerprint density at radius 2 is 0.958 bits per heavy atom. The molecule has 2 atom stereocenters. The molecule has 2 unspecified atom stereocenters. The largest absolute Gasteiger partial charge is 0.756 e. The van der Waals surface area contributed by atoms with Gasteiger partial charge in [-0.3, -0.25) is 9.36 Å². The van der Waals surface area contributed by atoms with Crippen molar-refractivity contribution in [3.8, 4) is 0 Å². The lowest BCUT2D eigenvalue weighted by Gasteiger charge is -2.28. The second-order valence-electron chi connectivity index (χ2n) is 15.0. The molecule has 0 heterocycles. The van der Waals surface area contributed by atoms with Crippen LogP contribution in [0, 0.1) is 0 Å². The van der Waals surface area contributed by atoms with Gasteiger partial charge in [0.15, 0.2) is 0 Å². The summed E-state index contributed by atoms with van der Waals surface area (Å²) < 4.78 is 34.5. The van der Waals surface area contributed by atoms with Crippen molar-refractivity contribution in [2.45, 2.75) is 193 Å².